The number of hydrogen-bond acceptors (Lipinski definition) is 5. The third kappa shape index (κ3) is 2.10. The van der Waals surface area contributed by atoms with Crippen molar-refractivity contribution in [1.82, 2.24) is 25.1 Å². The topological polar surface area (TPSA) is 107 Å². The van der Waals surface area contributed by atoms with Crippen LogP contribution in [0.4, 0.5) is 0 Å². The highest BCUT2D eigenvalue weighted by atomic mass is 16.2. The van der Waals surface area contributed by atoms with Crippen LogP contribution in [0.3, 0.4) is 0 Å². The van der Waals surface area contributed by atoms with Crippen LogP contribution in [0.25, 0.3) is 0 Å². The van der Waals surface area contributed by atoms with Crippen molar-refractivity contribution in [3.63, 3.8) is 0 Å². The molecule has 0 aromatic carbocycles. The molecular formula is C9H14N6O2. The van der Waals surface area contributed by atoms with E-state index in [1.807, 2.05) is 0 Å². The first kappa shape index (κ1) is 11.5. The Labute approximate surface area is 97.8 Å². The van der Waals surface area contributed by atoms with Crippen molar-refractivity contribution < 1.29 is 9.59 Å². The van der Waals surface area contributed by atoms with Gasteiger partial charge in [0.25, 0.3) is 0 Å². The summed E-state index contributed by atoms with van der Waals surface area (Å²) in [6.07, 6.45) is 2.79. The summed E-state index contributed by atoms with van der Waals surface area (Å²) in [4.78, 5) is 24.9. The van der Waals surface area contributed by atoms with Crippen LogP contribution < -0.4 is 5.73 Å². The maximum Gasteiger partial charge on any atom is 0.247 e. The molecular weight excluding hydrogens is 224 g/mol. The van der Waals surface area contributed by atoms with Crippen LogP contribution >= 0.6 is 0 Å². The lowest BCUT2D eigenvalue weighted by molar-refractivity contribution is -0.139. The van der Waals surface area contributed by atoms with E-state index in [4.69, 9.17) is 5.73 Å². The molecule has 2 heterocycles. The standard InChI is InChI=1S/C9H14N6O2/c1-6(15-5-11-12-13-15)9(17)14-4-2-3-7(14)8(10)16/h5-7H,2-4H2,1H3,(H2,10,16). The van der Waals surface area contributed by atoms with Crippen molar-refractivity contribution in [2.24, 2.45) is 5.73 Å². The number of rotatable bonds is 3. The largest absolute Gasteiger partial charge is 0.368 e. The number of aromatic nitrogens is 4. The predicted molar refractivity (Wildman–Crippen MR) is 56.5 cm³/mol. The van der Waals surface area contributed by atoms with Crippen molar-refractivity contribution in [2.45, 2.75) is 31.8 Å². The van der Waals surface area contributed by atoms with E-state index >= 15 is 0 Å². The third-order valence-corrected chi connectivity index (χ3v) is 2.98. The zero-order valence-corrected chi connectivity index (χ0v) is 9.48. The highest BCUT2D eigenvalue weighted by Crippen LogP contribution is 2.20. The molecule has 17 heavy (non-hydrogen) atoms. The van der Waals surface area contributed by atoms with Gasteiger partial charge in [-0.3, -0.25) is 9.59 Å². The maximum atomic E-state index is 12.2. The molecule has 0 bridgehead atoms. The van der Waals surface area contributed by atoms with E-state index in [-0.39, 0.29) is 5.91 Å². The minimum absolute atomic E-state index is 0.182. The quantitative estimate of drug-likeness (QED) is 0.705. The molecule has 2 unspecified atom stereocenters. The van der Waals surface area contributed by atoms with Gasteiger partial charge < -0.3 is 10.6 Å². The maximum absolute atomic E-state index is 12.2. The van der Waals surface area contributed by atoms with Crippen LogP contribution in [-0.4, -0.2) is 49.5 Å². The normalized spacial score (nSPS) is 21.5. The lowest BCUT2D eigenvalue weighted by Gasteiger charge is -2.25. The summed E-state index contributed by atoms with van der Waals surface area (Å²) in [5.41, 5.74) is 5.26. The van der Waals surface area contributed by atoms with Crippen LogP contribution in [0.1, 0.15) is 25.8 Å². The first-order valence-corrected chi connectivity index (χ1v) is 5.43. The SMILES string of the molecule is CC(C(=O)N1CCCC1C(N)=O)n1cnnn1. The molecule has 8 heteroatoms. The first-order chi connectivity index (χ1) is 8.11. The van der Waals surface area contributed by atoms with E-state index in [1.54, 1.807) is 6.92 Å². The minimum atomic E-state index is -0.523. The molecule has 1 aliphatic heterocycles. The average molecular weight is 238 g/mol. The lowest BCUT2D eigenvalue weighted by Crippen LogP contribution is -2.46. The summed E-state index contributed by atoms with van der Waals surface area (Å²) in [5.74, 6) is -0.640. The molecule has 1 aliphatic rings. The van der Waals surface area contributed by atoms with E-state index in [0.29, 0.717) is 13.0 Å². The van der Waals surface area contributed by atoms with Crippen LogP contribution in [0.2, 0.25) is 0 Å². The van der Waals surface area contributed by atoms with Crippen LogP contribution in [-0.2, 0) is 9.59 Å². The van der Waals surface area contributed by atoms with E-state index in [1.165, 1.54) is 15.9 Å². The molecule has 0 radical (unpaired) electrons. The Morgan fingerprint density at radius 1 is 1.53 bits per heavy atom. The van der Waals surface area contributed by atoms with Crippen LogP contribution in [0, 0.1) is 0 Å². The zero-order valence-electron chi connectivity index (χ0n) is 9.48. The molecule has 0 spiro atoms. The zero-order chi connectivity index (χ0) is 12.4. The van der Waals surface area contributed by atoms with Gasteiger partial charge in [0, 0.05) is 6.54 Å². The number of likely N-dealkylation sites (tertiary alicyclic amines) is 1. The van der Waals surface area contributed by atoms with Gasteiger partial charge in [-0.05, 0) is 30.2 Å². The smallest absolute Gasteiger partial charge is 0.247 e. The summed E-state index contributed by atoms with van der Waals surface area (Å²) in [6.45, 7) is 2.24. The van der Waals surface area contributed by atoms with Gasteiger partial charge in [0.15, 0.2) is 0 Å². The minimum Gasteiger partial charge on any atom is -0.368 e. The number of primary amides is 1. The predicted octanol–water partition coefficient (Wildman–Crippen LogP) is -1.29. The number of nitrogens with zero attached hydrogens (tertiary/aromatic N) is 5. The second kappa shape index (κ2) is 4.48. The van der Waals surface area contributed by atoms with E-state index in [0.717, 1.165) is 6.42 Å². The molecule has 8 nitrogen and oxygen atoms in total. The Morgan fingerprint density at radius 3 is 2.88 bits per heavy atom. The molecule has 1 aromatic rings. The second-order valence-corrected chi connectivity index (χ2v) is 4.06. The summed E-state index contributed by atoms with van der Waals surface area (Å²) in [5, 5.41) is 10.6. The number of amides is 2. The van der Waals surface area contributed by atoms with Crippen LogP contribution in [0.5, 0.6) is 0 Å². The molecule has 2 amide bonds. The van der Waals surface area contributed by atoms with Crippen molar-refractivity contribution >= 4 is 11.8 Å². The summed E-state index contributed by atoms with van der Waals surface area (Å²) in [7, 11) is 0. The molecule has 0 aliphatic carbocycles. The molecule has 2 N–H and O–H groups in total. The van der Waals surface area contributed by atoms with E-state index in [2.05, 4.69) is 15.5 Å². The van der Waals surface area contributed by atoms with Crippen molar-refractivity contribution in [3.05, 3.63) is 6.33 Å². The summed E-state index contributed by atoms with van der Waals surface area (Å²) in [6, 6.07) is -1.02. The fourth-order valence-corrected chi connectivity index (χ4v) is 2.03. The number of carbonyl (C=O) groups excluding carboxylic acids is 2. The lowest BCUT2D eigenvalue weighted by atomic mass is 10.2. The molecule has 2 atom stereocenters. The molecule has 1 fully saturated rings. The van der Waals surface area contributed by atoms with E-state index < -0.39 is 18.0 Å². The van der Waals surface area contributed by atoms with E-state index in [9.17, 15) is 9.59 Å². The second-order valence-electron chi connectivity index (χ2n) is 4.06. The van der Waals surface area contributed by atoms with Gasteiger partial charge in [-0.25, -0.2) is 4.68 Å². The Hall–Kier alpha value is -1.99. The third-order valence-electron chi connectivity index (χ3n) is 2.98. The summed E-state index contributed by atoms with van der Waals surface area (Å²) < 4.78 is 1.36. The monoisotopic (exact) mass is 238 g/mol. The average Bonchev–Trinajstić information content (AvgIpc) is 2.97. The van der Waals surface area contributed by atoms with Crippen LogP contribution in [0.15, 0.2) is 6.33 Å². The van der Waals surface area contributed by atoms with Crippen molar-refractivity contribution in [1.29, 1.82) is 0 Å². The van der Waals surface area contributed by atoms with Crippen molar-refractivity contribution in [2.75, 3.05) is 6.54 Å². The first-order valence-electron chi connectivity index (χ1n) is 5.43. The van der Waals surface area contributed by atoms with Crippen molar-refractivity contribution in [3.8, 4) is 0 Å². The van der Waals surface area contributed by atoms with Gasteiger partial charge in [0.05, 0.1) is 0 Å². The number of hydrogen-bond donors (Lipinski definition) is 1. The van der Waals surface area contributed by atoms with Gasteiger partial charge in [-0.15, -0.1) is 5.10 Å². The Bertz CT molecular complexity index is 417. The number of tetrazole rings is 1. The highest BCUT2D eigenvalue weighted by molar-refractivity contribution is 5.88. The van der Waals surface area contributed by atoms with Gasteiger partial charge in [-0.2, -0.15) is 0 Å². The highest BCUT2D eigenvalue weighted by Gasteiger charge is 2.35. The van der Waals surface area contributed by atoms with Gasteiger partial charge in [0.1, 0.15) is 18.4 Å². The molecule has 92 valence electrons. The fourth-order valence-electron chi connectivity index (χ4n) is 2.03. The Morgan fingerprint density at radius 2 is 2.29 bits per heavy atom. The summed E-state index contributed by atoms with van der Waals surface area (Å²) >= 11 is 0. The Kier molecular flexibility index (Phi) is 3.03. The Balaban J connectivity index is 2.12. The molecule has 2 rings (SSSR count). The fraction of sp³-hybridized carbons (Fsp3) is 0.667. The van der Waals surface area contributed by atoms with Gasteiger partial charge >= 0.3 is 0 Å². The van der Waals surface area contributed by atoms with Gasteiger partial charge in [0.2, 0.25) is 11.8 Å². The molecule has 1 aromatic heterocycles. The van der Waals surface area contributed by atoms with Gasteiger partial charge in [-0.1, -0.05) is 0 Å². The molecule has 1 saturated heterocycles. The number of carbonyl (C=O) groups is 2. The number of nitrogens with two attached hydrogens (primary N) is 1. The molecule has 0 saturated carbocycles.